The summed E-state index contributed by atoms with van der Waals surface area (Å²) in [6.07, 6.45) is 1.21. The second-order valence-corrected chi connectivity index (χ2v) is 6.74. The van der Waals surface area contributed by atoms with Gasteiger partial charge in [0.25, 0.3) is 0 Å². The molecule has 1 aliphatic rings. The van der Waals surface area contributed by atoms with Crippen LogP contribution in [0.2, 0.25) is 0 Å². The second kappa shape index (κ2) is 5.99. The molecule has 2 aromatic rings. The van der Waals surface area contributed by atoms with Crippen LogP contribution in [0.1, 0.15) is 37.0 Å². The summed E-state index contributed by atoms with van der Waals surface area (Å²) in [4.78, 5) is 17.3. The Morgan fingerprint density at radius 3 is 2.61 bits per heavy atom. The van der Waals surface area contributed by atoms with Crippen molar-refractivity contribution in [3.8, 4) is 0 Å². The van der Waals surface area contributed by atoms with E-state index in [-0.39, 0.29) is 11.4 Å². The lowest BCUT2D eigenvalue weighted by atomic mass is 9.86. The van der Waals surface area contributed by atoms with Gasteiger partial charge in [0.05, 0.1) is 17.7 Å². The Balaban J connectivity index is 1.82. The Bertz CT molecular complexity index is 775. The molecule has 0 bridgehead atoms. The van der Waals surface area contributed by atoms with E-state index in [0.717, 1.165) is 28.9 Å². The molecule has 0 aliphatic carbocycles. The fourth-order valence-electron chi connectivity index (χ4n) is 3.08. The molecular formula is C20H22N2O. The van der Waals surface area contributed by atoms with Crippen molar-refractivity contribution in [2.24, 2.45) is 4.99 Å². The SMILES string of the molecule is Cc1ccccc1NC(=O)CC1=NC(C)(C)Cc2ccccc21. The number of nitrogens with zero attached hydrogens (tertiary/aromatic N) is 1. The first-order chi connectivity index (χ1) is 10.9. The average molecular weight is 306 g/mol. The van der Waals surface area contributed by atoms with E-state index in [0.29, 0.717) is 6.42 Å². The van der Waals surface area contributed by atoms with Crippen molar-refractivity contribution in [1.82, 2.24) is 0 Å². The number of aliphatic imine (C=N–C) groups is 1. The van der Waals surface area contributed by atoms with E-state index in [2.05, 4.69) is 31.3 Å². The van der Waals surface area contributed by atoms with Gasteiger partial charge >= 0.3 is 0 Å². The highest BCUT2D eigenvalue weighted by atomic mass is 16.1. The van der Waals surface area contributed by atoms with Crippen molar-refractivity contribution in [2.75, 3.05) is 5.32 Å². The molecule has 118 valence electrons. The van der Waals surface area contributed by atoms with Crippen LogP contribution in [-0.2, 0) is 11.2 Å². The van der Waals surface area contributed by atoms with Gasteiger partial charge in [-0.15, -0.1) is 0 Å². The second-order valence-electron chi connectivity index (χ2n) is 6.74. The number of amides is 1. The summed E-state index contributed by atoms with van der Waals surface area (Å²) in [6.45, 7) is 6.22. The van der Waals surface area contributed by atoms with Crippen molar-refractivity contribution in [1.29, 1.82) is 0 Å². The number of benzene rings is 2. The average Bonchev–Trinajstić information content (AvgIpc) is 2.48. The van der Waals surface area contributed by atoms with Crippen LogP contribution >= 0.6 is 0 Å². The minimum atomic E-state index is -0.160. The van der Waals surface area contributed by atoms with Gasteiger partial charge in [0.15, 0.2) is 0 Å². The zero-order chi connectivity index (χ0) is 16.4. The smallest absolute Gasteiger partial charge is 0.230 e. The van der Waals surface area contributed by atoms with E-state index < -0.39 is 0 Å². The molecule has 0 saturated carbocycles. The molecule has 23 heavy (non-hydrogen) atoms. The molecule has 0 atom stereocenters. The number of aryl methyl sites for hydroxylation is 1. The first-order valence-corrected chi connectivity index (χ1v) is 7.97. The Hall–Kier alpha value is -2.42. The predicted octanol–water partition coefficient (Wildman–Crippen LogP) is 4.15. The first-order valence-electron chi connectivity index (χ1n) is 7.97. The number of fused-ring (bicyclic) bond motifs is 1. The number of hydrogen-bond donors (Lipinski definition) is 1. The molecule has 0 unspecified atom stereocenters. The zero-order valence-electron chi connectivity index (χ0n) is 13.9. The van der Waals surface area contributed by atoms with Gasteiger partial charge in [-0.05, 0) is 49.9 Å². The van der Waals surface area contributed by atoms with Crippen LogP contribution in [0.25, 0.3) is 0 Å². The maximum absolute atomic E-state index is 12.5. The molecular weight excluding hydrogens is 284 g/mol. The summed E-state index contributed by atoms with van der Waals surface area (Å²) in [5, 5.41) is 3.00. The minimum Gasteiger partial charge on any atom is -0.326 e. The Morgan fingerprint density at radius 2 is 1.83 bits per heavy atom. The highest BCUT2D eigenvalue weighted by molar-refractivity contribution is 6.14. The van der Waals surface area contributed by atoms with Crippen LogP contribution in [0.4, 0.5) is 5.69 Å². The summed E-state index contributed by atoms with van der Waals surface area (Å²) in [6, 6.07) is 16.1. The molecule has 3 nitrogen and oxygen atoms in total. The van der Waals surface area contributed by atoms with Crippen LogP contribution in [0, 0.1) is 6.92 Å². The fourth-order valence-corrected chi connectivity index (χ4v) is 3.08. The summed E-state index contributed by atoms with van der Waals surface area (Å²) in [5.74, 6) is -0.0226. The van der Waals surface area contributed by atoms with Crippen molar-refractivity contribution in [3.05, 3.63) is 65.2 Å². The number of carbonyl (C=O) groups is 1. The quantitative estimate of drug-likeness (QED) is 0.909. The lowest BCUT2D eigenvalue weighted by Crippen LogP contribution is -2.30. The Labute approximate surface area is 137 Å². The normalized spacial score (nSPS) is 15.5. The van der Waals surface area contributed by atoms with E-state index in [9.17, 15) is 4.79 Å². The van der Waals surface area contributed by atoms with Gasteiger partial charge in [0, 0.05) is 5.69 Å². The summed E-state index contributed by atoms with van der Waals surface area (Å²) < 4.78 is 0. The number of carbonyl (C=O) groups excluding carboxylic acids is 1. The lowest BCUT2D eigenvalue weighted by molar-refractivity contribution is -0.115. The standard InChI is InChI=1S/C20H22N2O/c1-14-8-4-7-11-17(14)21-19(23)12-18-16-10-6-5-9-15(16)13-20(2,3)22-18/h4-11H,12-13H2,1-3H3,(H,21,23). The van der Waals surface area contributed by atoms with Gasteiger partial charge in [-0.2, -0.15) is 0 Å². The molecule has 3 rings (SSSR count). The van der Waals surface area contributed by atoms with Gasteiger partial charge in [-0.25, -0.2) is 0 Å². The molecule has 0 fully saturated rings. The summed E-state index contributed by atoms with van der Waals surface area (Å²) in [7, 11) is 0. The Kier molecular flexibility index (Phi) is 4.03. The number of nitrogens with one attached hydrogen (secondary N) is 1. The molecule has 0 aromatic heterocycles. The fraction of sp³-hybridized carbons (Fsp3) is 0.300. The van der Waals surface area contributed by atoms with Crippen molar-refractivity contribution < 1.29 is 4.79 Å². The van der Waals surface area contributed by atoms with Gasteiger partial charge in [0.1, 0.15) is 0 Å². The molecule has 0 radical (unpaired) electrons. The number of hydrogen-bond acceptors (Lipinski definition) is 2. The van der Waals surface area contributed by atoms with Crippen molar-refractivity contribution >= 4 is 17.3 Å². The van der Waals surface area contributed by atoms with Gasteiger partial charge in [0.2, 0.25) is 5.91 Å². The monoisotopic (exact) mass is 306 g/mol. The maximum atomic E-state index is 12.5. The van der Waals surface area contributed by atoms with Crippen LogP contribution in [0.3, 0.4) is 0 Å². The van der Waals surface area contributed by atoms with Crippen LogP contribution in [0.15, 0.2) is 53.5 Å². The molecule has 3 heteroatoms. The summed E-state index contributed by atoms with van der Waals surface area (Å²) >= 11 is 0. The third-order valence-electron chi connectivity index (χ3n) is 4.14. The van der Waals surface area contributed by atoms with Crippen LogP contribution < -0.4 is 5.32 Å². The molecule has 2 aromatic carbocycles. The molecule has 0 saturated heterocycles. The van der Waals surface area contributed by atoms with Gasteiger partial charge in [-0.1, -0.05) is 42.5 Å². The van der Waals surface area contributed by atoms with E-state index in [4.69, 9.17) is 4.99 Å². The first kappa shape index (κ1) is 15.5. The van der Waals surface area contributed by atoms with Crippen molar-refractivity contribution in [3.63, 3.8) is 0 Å². The molecule has 0 spiro atoms. The number of anilines is 1. The number of para-hydroxylation sites is 1. The van der Waals surface area contributed by atoms with Gasteiger partial charge in [-0.3, -0.25) is 9.79 Å². The minimum absolute atomic E-state index is 0.0226. The van der Waals surface area contributed by atoms with E-state index >= 15 is 0 Å². The molecule has 1 heterocycles. The number of rotatable bonds is 3. The highest BCUT2D eigenvalue weighted by Gasteiger charge is 2.27. The molecule has 1 aliphatic heterocycles. The van der Waals surface area contributed by atoms with E-state index in [1.165, 1.54) is 5.56 Å². The third-order valence-corrected chi connectivity index (χ3v) is 4.14. The topological polar surface area (TPSA) is 41.5 Å². The summed E-state index contributed by atoms with van der Waals surface area (Å²) in [5.41, 5.74) is 5.02. The lowest BCUT2D eigenvalue weighted by Gasteiger charge is -2.29. The largest absolute Gasteiger partial charge is 0.326 e. The van der Waals surface area contributed by atoms with Gasteiger partial charge < -0.3 is 5.32 Å². The van der Waals surface area contributed by atoms with Crippen LogP contribution in [-0.4, -0.2) is 17.2 Å². The zero-order valence-corrected chi connectivity index (χ0v) is 13.9. The van der Waals surface area contributed by atoms with Crippen LogP contribution in [0.5, 0.6) is 0 Å². The third kappa shape index (κ3) is 3.50. The maximum Gasteiger partial charge on any atom is 0.230 e. The Morgan fingerprint density at radius 1 is 1.13 bits per heavy atom. The van der Waals surface area contributed by atoms with E-state index in [1.807, 2.05) is 43.3 Å². The van der Waals surface area contributed by atoms with Crippen molar-refractivity contribution in [2.45, 2.75) is 39.2 Å². The molecule has 1 amide bonds. The van der Waals surface area contributed by atoms with E-state index in [1.54, 1.807) is 0 Å². The molecule has 1 N–H and O–H groups in total. The highest BCUT2D eigenvalue weighted by Crippen LogP contribution is 2.28. The predicted molar refractivity (Wildman–Crippen MR) is 95.2 cm³/mol.